The Morgan fingerprint density at radius 3 is 2.86 bits per heavy atom. The largest absolute Gasteiger partial charge is 0.504 e. The summed E-state index contributed by atoms with van der Waals surface area (Å²) >= 11 is 0. The van der Waals surface area contributed by atoms with Crippen LogP contribution in [0.2, 0.25) is 0 Å². The lowest BCUT2D eigenvalue weighted by Crippen LogP contribution is -2.79. The first kappa shape index (κ1) is 17.3. The molecule has 0 unspecified atom stereocenters. The predicted molar refractivity (Wildman–Crippen MR) is 105 cm³/mol. The van der Waals surface area contributed by atoms with Crippen LogP contribution in [0.4, 0.5) is 0 Å². The SMILES string of the molecule is CO[C@@H](C)[C@H]1C[C@@]23C=C[C@]1(OC)[C@H]1Oc4c(O)ccc5c4[C@@]12CCN(C)[C@@H]3C5. The minimum absolute atomic E-state index is 0.0194. The molecule has 7 atom stereocenters. The quantitative estimate of drug-likeness (QED) is 0.814. The molecule has 5 nitrogen and oxygen atoms in total. The standard InChI is InChI=1S/C23H29NO4/c1-13(26-3)15-12-21-7-8-23(15,27-4)20-22(21)9-10-24(2)17(21)11-14-5-6-16(25)19(28-20)18(14)22/h5-8,13,15,17,20,25H,9-12H2,1-4H3/t13-,15+,17+,20-,21+,22-,23+/m0/s1. The number of phenolic OH excluding ortho intramolecular Hbond substituents is 1. The van der Waals surface area contributed by atoms with E-state index in [1.54, 1.807) is 20.3 Å². The zero-order valence-corrected chi connectivity index (χ0v) is 17.1. The normalized spacial score (nSPS) is 45.6. The van der Waals surface area contributed by atoms with E-state index in [4.69, 9.17) is 14.2 Å². The number of nitrogens with zero attached hydrogens (tertiary/aromatic N) is 1. The first-order valence-electron chi connectivity index (χ1n) is 10.5. The van der Waals surface area contributed by atoms with Gasteiger partial charge >= 0.3 is 0 Å². The predicted octanol–water partition coefficient (Wildman–Crippen LogP) is 2.65. The van der Waals surface area contributed by atoms with E-state index < -0.39 is 5.60 Å². The Morgan fingerprint density at radius 2 is 2.11 bits per heavy atom. The Balaban J connectivity index is 1.69. The van der Waals surface area contributed by atoms with Crippen LogP contribution >= 0.6 is 0 Å². The van der Waals surface area contributed by atoms with Crippen LogP contribution in [0.15, 0.2) is 24.3 Å². The molecule has 1 aromatic carbocycles. The maximum absolute atomic E-state index is 10.7. The fourth-order valence-electron chi connectivity index (χ4n) is 7.81. The van der Waals surface area contributed by atoms with Crippen molar-refractivity contribution in [3.63, 3.8) is 0 Å². The van der Waals surface area contributed by atoms with Crippen LogP contribution in [-0.4, -0.2) is 61.7 Å². The van der Waals surface area contributed by atoms with E-state index in [1.165, 1.54) is 11.1 Å². The van der Waals surface area contributed by atoms with Crippen molar-refractivity contribution >= 4 is 0 Å². The van der Waals surface area contributed by atoms with Crippen LogP contribution in [0.3, 0.4) is 0 Å². The summed E-state index contributed by atoms with van der Waals surface area (Å²) in [5.74, 6) is 1.17. The van der Waals surface area contributed by atoms with Gasteiger partial charge in [0.25, 0.3) is 0 Å². The summed E-state index contributed by atoms with van der Waals surface area (Å²) < 4.78 is 18.9. The highest BCUT2D eigenvalue weighted by atomic mass is 16.6. The van der Waals surface area contributed by atoms with Crippen LogP contribution < -0.4 is 4.74 Å². The summed E-state index contributed by atoms with van der Waals surface area (Å²) in [4.78, 5) is 2.54. The molecule has 0 amide bonds. The summed E-state index contributed by atoms with van der Waals surface area (Å²) in [6.45, 7) is 3.19. The second-order valence-corrected chi connectivity index (χ2v) is 9.55. The van der Waals surface area contributed by atoms with Gasteiger partial charge in [-0.1, -0.05) is 18.2 Å². The van der Waals surface area contributed by atoms with Gasteiger partial charge in [-0.05, 0) is 51.4 Å². The van der Waals surface area contributed by atoms with Crippen molar-refractivity contribution in [1.29, 1.82) is 0 Å². The number of aromatic hydroxyl groups is 1. The van der Waals surface area contributed by atoms with Gasteiger partial charge in [0.1, 0.15) is 11.7 Å². The number of methoxy groups -OCH3 is 2. The topological polar surface area (TPSA) is 51.2 Å². The number of likely N-dealkylation sites (tertiary alicyclic amines) is 1. The lowest BCUT2D eigenvalue weighted by molar-refractivity contribution is -0.231. The number of hydrogen-bond acceptors (Lipinski definition) is 5. The van der Waals surface area contributed by atoms with Crippen LogP contribution in [-0.2, 0) is 21.3 Å². The smallest absolute Gasteiger partial charge is 0.165 e. The highest BCUT2D eigenvalue weighted by molar-refractivity contribution is 5.65. The second-order valence-electron chi connectivity index (χ2n) is 9.55. The molecule has 1 N–H and O–H groups in total. The summed E-state index contributed by atoms with van der Waals surface area (Å²) in [5.41, 5.74) is 1.89. The Morgan fingerprint density at radius 1 is 1.29 bits per heavy atom. The third-order valence-electron chi connectivity index (χ3n) is 9.06. The molecule has 4 aliphatic carbocycles. The second kappa shape index (κ2) is 5.13. The molecule has 1 saturated carbocycles. The molecule has 2 spiro atoms. The summed E-state index contributed by atoms with van der Waals surface area (Å²) in [7, 11) is 5.85. The van der Waals surface area contributed by atoms with Crippen LogP contribution in [0.25, 0.3) is 0 Å². The molecule has 150 valence electrons. The summed E-state index contributed by atoms with van der Waals surface area (Å²) in [6, 6.07) is 4.34. The molecule has 0 radical (unpaired) electrons. The van der Waals surface area contributed by atoms with Gasteiger partial charge in [-0.25, -0.2) is 0 Å². The van der Waals surface area contributed by atoms with E-state index in [2.05, 4.69) is 37.1 Å². The van der Waals surface area contributed by atoms with Crippen molar-refractivity contribution in [3.8, 4) is 11.5 Å². The molecule has 4 bridgehead atoms. The summed E-state index contributed by atoms with van der Waals surface area (Å²) in [6.07, 6.45) is 7.71. The van der Waals surface area contributed by atoms with E-state index in [0.717, 1.165) is 25.8 Å². The Bertz CT molecular complexity index is 899. The van der Waals surface area contributed by atoms with Crippen molar-refractivity contribution in [1.82, 2.24) is 4.90 Å². The fraction of sp³-hybridized carbons (Fsp3) is 0.652. The van der Waals surface area contributed by atoms with Crippen molar-refractivity contribution < 1.29 is 19.3 Å². The molecular weight excluding hydrogens is 354 g/mol. The van der Waals surface area contributed by atoms with Gasteiger partial charge in [0.05, 0.1) is 11.5 Å². The van der Waals surface area contributed by atoms with Crippen LogP contribution in [0.1, 0.15) is 30.9 Å². The Labute approximate surface area is 166 Å². The van der Waals surface area contributed by atoms with Gasteiger partial charge in [0, 0.05) is 37.2 Å². The van der Waals surface area contributed by atoms with Gasteiger partial charge in [-0.3, -0.25) is 0 Å². The Kier molecular flexibility index (Phi) is 3.17. The zero-order chi connectivity index (χ0) is 19.5. The van der Waals surface area contributed by atoms with Crippen molar-refractivity contribution in [2.45, 2.75) is 55.5 Å². The lowest BCUT2D eigenvalue weighted by atomic mass is 9.37. The van der Waals surface area contributed by atoms with E-state index in [-0.39, 0.29) is 34.7 Å². The van der Waals surface area contributed by atoms with E-state index >= 15 is 0 Å². The van der Waals surface area contributed by atoms with Crippen molar-refractivity contribution in [2.75, 3.05) is 27.8 Å². The molecule has 2 fully saturated rings. The van der Waals surface area contributed by atoms with E-state index in [0.29, 0.717) is 11.8 Å². The molecule has 0 aromatic heterocycles. The molecule has 28 heavy (non-hydrogen) atoms. The highest BCUT2D eigenvalue weighted by Crippen LogP contribution is 2.74. The number of hydrogen-bond donors (Lipinski definition) is 1. The van der Waals surface area contributed by atoms with E-state index in [9.17, 15) is 5.11 Å². The fourth-order valence-corrected chi connectivity index (χ4v) is 7.81. The third-order valence-corrected chi connectivity index (χ3v) is 9.06. The monoisotopic (exact) mass is 383 g/mol. The molecule has 2 aliphatic heterocycles. The maximum atomic E-state index is 10.7. The van der Waals surface area contributed by atoms with E-state index in [1.807, 2.05) is 0 Å². The lowest BCUT2D eigenvalue weighted by Gasteiger charge is -2.71. The molecular formula is C23H29NO4. The van der Waals surface area contributed by atoms with Gasteiger partial charge in [-0.2, -0.15) is 0 Å². The number of rotatable bonds is 3. The minimum atomic E-state index is -0.544. The summed E-state index contributed by atoms with van der Waals surface area (Å²) in [5, 5.41) is 10.7. The molecule has 7 rings (SSSR count). The van der Waals surface area contributed by atoms with Crippen LogP contribution in [0, 0.1) is 11.3 Å². The number of likely N-dealkylation sites (N-methyl/N-ethyl adjacent to an activating group) is 1. The highest BCUT2D eigenvalue weighted by Gasteiger charge is 2.79. The number of fused-ring (bicyclic) bond motifs is 1. The maximum Gasteiger partial charge on any atom is 0.165 e. The zero-order valence-electron chi connectivity index (χ0n) is 17.1. The molecule has 5 heteroatoms. The molecule has 1 saturated heterocycles. The number of ether oxygens (including phenoxy) is 3. The molecule has 1 aromatic rings. The molecule has 6 aliphatic rings. The number of piperidine rings is 1. The average Bonchev–Trinajstić information content (AvgIpc) is 3.09. The Hall–Kier alpha value is -1.56. The minimum Gasteiger partial charge on any atom is -0.504 e. The first-order chi connectivity index (χ1) is 13.4. The third kappa shape index (κ3) is 1.54. The number of benzene rings is 1. The van der Waals surface area contributed by atoms with Gasteiger partial charge in [0.15, 0.2) is 11.5 Å². The average molecular weight is 383 g/mol. The molecule has 2 heterocycles. The van der Waals surface area contributed by atoms with Crippen molar-refractivity contribution in [3.05, 3.63) is 35.4 Å². The van der Waals surface area contributed by atoms with Gasteiger partial charge < -0.3 is 24.2 Å². The van der Waals surface area contributed by atoms with Crippen LogP contribution in [0.5, 0.6) is 11.5 Å². The van der Waals surface area contributed by atoms with Crippen molar-refractivity contribution in [2.24, 2.45) is 11.3 Å². The number of phenols is 1. The van der Waals surface area contributed by atoms with Gasteiger partial charge in [-0.15, -0.1) is 0 Å². The first-order valence-corrected chi connectivity index (χ1v) is 10.5. The van der Waals surface area contributed by atoms with Gasteiger partial charge in [0.2, 0.25) is 0 Å².